The molecule has 0 aliphatic rings. The molecule has 0 aliphatic heterocycles. The third kappa shape index (κ3) is 4.67. The number of hydrogen-bond donors (Lipinski definition) is 1. The predicted molar refractivity (Wildman–Crippen MR) is 106 cm³/mol. The molecule has 0 fully saturated rings. The Kier molecular flexibility index (Phi) is 5.80. The Labute approximate surface area is 152 Å². The van der Waals surface area contributed by atoms with Gasteiger partial charge in [0.2, 0.25) is 5.13 Å². The van der Waals surface area contributed by atoms with Gasteiger partial charge in [-0.05, 0) is 31.0 Å². The summed E-state index contributed by atoms with van der Waals surface area (Å²) in [5.74, 6) is 0.863. The third-order valence-electron chi connectivity index (χ3n) is 3.55. The van der Waals surface area contributed by atoms with Gasteiger partial charge < -0.3 is 4.74 Å². The van der Waals surface area contributed by atoms with Crippen molar-refractivity contribution in [3.63, 3.8) is 0 Å². The molecule has 4 nitrogen and oxygen atoms in total. The van der Waals surface area contributed by atoms with Crippen LogP contribution in [0.5, 0.6) is 5.75 Å². The highest BCUT2D eigenvalue weighted by molar-refractivity contribution is 7.15. The Morgan fingerprint density at radius 2 is 2.00 bits per heavy atom. The average Bonchev–Trinajstić information content (AvgIpc) is 3.02. The molecule has 0 radical (unpaired) electrons. The lowest BCUT2D eigenvalue weighted by Crippen LogP contribution is -1.96. The first-order chi connectivity index (χ1) is 12.3. The number of aromatic nitrogens is 1. The summed E-state index contributed by atoms with van der Waals surface area (Å²) in [5, 5.41) is 5.08. The Morgan fingerprint density at radius 1 is 1.16 bits per heavy atom. The number of rotatable bonds is 7. The summed E-state index contributed by atoms with van der Waals surface area (Å²) in [6.45, 7) is 4.89. The predicted octanol–water partition coefficient (Wildman–Crippen LogP) is 5.35. The van der Waals surface area contributed by atoms with E-state index in [-0.39, 0.29) is 0 Å². The van der Waals surface area contributed by atoms with Crippen molar-refractivity contribution in [2.24, 2.45) is 5.10 Å². The van der Waals surface area contributed by atoms with Crippen LogP contribution >= 0.6 is 11.3 Å². The first kappa shape index (κ1) is 17.2. The van der Waals surface area contributed by atoms with Gasteiger partial charge in [-0.2, -0.15) is 5.10 Å². The van der Waals surface area contributed by atoms with Gasteiger partial charge in [-0.15, -0.1) is 11.3 Å². The van der Waals surface area contributed by atoms with Crippen LogP contribution in [0.25, 0.3) is 11.3 Å². The van der Waals surface area contributed by atoms with Crippen LogP contribution in [0.1, 0.15) is 23.8 Å². The molecular weight excluding hydrogens is 330 g/mol. The van der Waals surface area contributed by atoms with Crippen LogP contribution in [-0.2, 0) is 0 Å². The largest absolute Gasteiger partial charge is 0.494 e. The van der Waals surface area contributed by atoms with Crippen LogP contribution < -0.4 is 10.2 Å². The molecule has 0 saturated carbocycles. The summed E-state index contributed by atoms with van der Waals surface area (Å²) in [6, 6.07) is 18.1. The van der Waals surface area contributed by atoms with E-state index in [1.165, 1.54) is 4.88 Å². The molecular formula is C20H21N3OS. The molecule has 0 bridgehead atoms. The minimum Gasteiger partial charge on any atom is -0.494 e. The summed E-state index contributed by atoms with van der Waals surface area (Å²) < 4.78 is 5.64. The first-order valence-electron chi connectivity index (χ1n) is 8.31. The van der Waals surface area contributed by atoms with Crippen molar-refractivity contribution in [1.82, 2.24) is 4.98 Å². The highest BCUT2D eigenvalue weighted by atomic mass is 32.1. The van der Waals surface area contributed by atoms with E-state index in [9.17, 15) is 0 Å². The van der Waals surface area contributed by atoms with E-state index in [1.807, 2.05) is 42.5 Å². The fourth-order valence-electron chi connectivity index (χ4n) is 2.37. The maximum atomic E-state index is 5.64. The highest BCUT2D eigenvalue weighted by Gasteiger charge is 2.08. The topological polar surface area (TPSA) is 46.5 Å². The normalized spacial score (nSPS) is 11.0. The van der Waals surface area contributed by atoms with Gasteiger partial charge in [-0.1, -0.05) is 49.4 Å². The van der Waals surface area contributed by atoms with Crippen molar-refractivity contribution >= 4 is 22.7 Å². The van der Waals surface area contributed by atoms with Gasteiger partial charge in [0.05, 0.1) is 18.5 Å². The average molecular weight is 351 g/mol. The zero-order chi connectivity index (χ0) is 17.5. The number of hydrogen-bond acceptors (Lipinski definition) is 5. The first-order valence-corrected chi connectivity index (χ1v) is 9.12. The van der Waals surface area contributed by atoms with Gasteiger partial charge in [0.25, 0.3) is 0 Å². The van der Waals surface area contributed by atoms with E-state index in [4.69, 9.17) is 4.74 Å². The zero-order valence-electron chi connectivity index (χ0n) is 14.4. The quantitative estimate of drug-likeness (QED) is 0.461. The van der Waals surface area contributed by atoms with E-state index in [2.05, 4.69) is 41.5 Å². The molecule has 1 heterocycles. The summed E-state index contributed by atoms with van der Waals surface area (Å²) in [7, 11) is 0. The van der Waals surface area contributed by atoms with E-state index in [1.54, 1.807) is 17.6 Å². The second kappa shape index (κ2) is 8.44. The lowest BCUT2D eigenvalue weighted by molar-refractivity contribution is 0.317. The van der Waals surface area contributed by atoms with Gasteiger partial charge in [0.1, 0.15) is 5.75 Å². The van der Waals surface area contributed by atoms with E-state index >= 15 is 0 Å². The number of hydrazone groups is 1. The second-order valence-electron chi connectivity index (χ2n) is 5.58. The number of nitrogens with zero attached hydrogens (tertiary/aromatic N) is 2. The van der Waals surface area contributed by atoms with Crippen LogP contribution in [0.2, 0.25) is 0 Å². The van der Waals surface area contributed by atoms with Crippen molar-refractivity contribution in [3.05, 3.63) is 65.0 Å². The van der Waals surface area contributed by atoms with Gasteiger partial charge >= 0.3 is 0 Å². The summed E-state index contributed by atoms with van der Waals surface area (Å²) in [4.78, 5) is 5.80. The zero-order valence-corrected chi connectivity index (χ0v) is 15.2. The number of benzene rings is 2. The maximum Gasteiger partial charge on any atom is 0.204 e. The fourth-order valence-corrected chi connectivity index (χ4v) is 3.16. The maximum absolute atomic E-state index is 5.64. The van der Waals surface area contributed by atoms with Crippen molar-refractivity contribution in [2.45, 2.75) is 20.3 Å². The SMILES string of the molecule is CCCOc1cccc(/C=N\Nc2nc(-c3ccccc3)c(C)s2)c1. The van der Waals surface area contributed by atoms with Gasteiger partial charge in [-0.25, -0.2) is 4.98 Å². The molecule has 0 atom stereocenters. The molecule has 0 unspecified atom stereocenters. The molecule has 3 rings (SSSR count). The second-order valence-corrected chi connectivity index (χ2v) is 6.78. The van der Waals surface area contributed by atoms with Crippen molar-refractivity contribution in [3.8, 4) is 17.0 Å². The number of thiazole rings is 1. The van der Waals surface area contributed by atoms with E-state index in [0.29, 0.717) is 0 Å². The fraction of sp³-hybridized carbons (Fsp3) is 0.200. The van der Waals surface area contributed by atoms with Crippen molar-refractivity contribution < 1.29 is 4.74 Å². The Morgan fingerprint density at radius 3 is 2.80 bits per heavy atom. The lowest BCUT2D eigenvalue weighted by Gasteiger charge is -2.04. The number of ether oxygens (including phenoxy) is 1. The van der Waals surface area contributed by atoms with Crippen molar-refractivity contribution in [1.29, 1.82) is 0 Å². The molecule has 5 heteroatoms. The molecule has 128 valence electrons. The minimum absolute atomic E-state index is 0.722. The Balaban J connectivity index is 1.67. The molecule has 2 aromatic carbocycles. The molecule has 0 amide bonds. The van der Waals surface area contributed by atoms with Crippen LogP contribution in [0.15, 0.2) is 59.7 Å². The Bertz CT molecular complexity index is 843. The minimum atomic E-state index is 0.722. The molecule has 3 aromatic rings. The van der Waals surface area contributed by atoms with E-state index in [0.717, 1.165) is 40.7 Å². The number of anilines is 1. The summed E-state index contributed by atoms with van der Waals surface area (Å²) in [5.41, 5.74) is 6.12. The summed E-state index contributed by atoms with van der Waals surface area (Å²) >= 11 is 1.60. The monoisotopic (exact) mass is 351 g/mol. The van der Waals surface area contributed by atoms with Gasteiger partial charge in [0.15, 0.2) is 0 Å². The highest BCUT2D eigenvalue weighted by Crippen LogP contribution is 2.30. The van der Waals surface area contributed by atoms with Gasteiger partial charge in [-0.3, -0.25) is 5.43 Å². The Hall–Kier alpha value is -2.66. The molecule has 0 spiro atoms. The molecule has 25 heavy (non-hydrogen) atoms. The molecule has 0 aliphatic carbocycles. The summed E-state index contributed by atoms with van der Waals surface area (Å²) in [6.07, 6.45) is 2.77. The molecule has 1 N–H and O–H groups in total. The number of aryl methyl sites for hydroxylation is 1. The van der Waals surface area contributed by atoms with Gasteiger partial charge in [0, 0.05) is 10.4 Å². The van der Waals surface area contributed by atoms with Crippen LogP contribution in [0.3, 0.4) is 0 Å². The number of nitrogens with one attached hydrogen (secondary N) is 1. The van der Waals surface area contributed by atoms with Crippen LogP contribution in [-0.4, -0.2) is 17.8 Å². The smallest absolute Gasteiger partial charge is 0.204 e. The lowest BCUT2D eigenvalue weighted by atomic mass is 10.1. The molecule has 1 aromatic heterocycles. The third-order valence-corrected chi connectivity index (χ3v) is 4.42. The van der Waals surface area contributed by atoms with E-state index < -0.39 is 0 Å². The van der Waals surface area contributed by atoms with Crippen molar-refractivity contribution in [2.75, 3.05) is 12.0 Å². The van der Waals surface area contributed by atoms with Crippen LogP contribution in [0, 0.1) is 6.92 Å². The van der Waals surface area contributed by atoms with Crippen LogP contribution in [0.4, 0.5) is 5.13 Å². The standard InChI is InChI=1S/C20H21N3OS/c1-3-12-24-18-11-7-8-16(13-18)14-21-23-20-22-19(15(2)25-20)17-9-5-4-6-10-17/h4-11,13-14H,3,12H2,1-2H3,(H,22,23)/b21-14-. The molecule has 0 saturated heterocycles.